The maximum Gasteiger partial charge on any atom is 0.397 e. The summed E-state index contributed by atoms with van der Waals surface area (Å²) in [4.78, 5) is 60.9. The van der Waals surface area contributed by atoms with Crippen LogP contribution >= 0.6 is 46.6 Å². The molecule has 0 bridgehead atoms. The number of para-hydroxylation sites is 1. The number of imide groups is 1. The molecule has 8 nitrogen and oxygen atoms in total. The molecule has 2 rings (SSSR count). The summed E-state index contributed by atoms with van der Waals surface area (Å²) >= 11 is 17.0. The Morgan fingerprint density at radius 2 is 1.77 bits per heavy atom. The Bertz CT molecular complexity index is 844. The number of alkyl halides is 3. The minimum absolute atomic E-state index is 0.184. The highest BCUT2D eigenvalue weighted by molar-refractivity contribution is 8.14. The van der Waals surface area contributed by atoms with Gasteiger partial charge in [0.05, 0.1) is 5.92 Å². The van der Waals surface area contributed by atoms with Gasteiger partial charge in [-0.1, -0.05) is 64.8 Å². The Labute approximate surface area is 191 Å². The van der Waals surface area contributed by atoms with Gasteiger partial charge < -0.3 is 14.3 Å². The van der Waals surface area contributed by atoms with Crippen LogP contribution in [0.15, 0.2) is 30.3 Å². The van der Waals surface area contributed by atoms with Crippen molar-refractivity contribution in [1.29, 1.82) is 0 Å². The van der Waals surface area contributed by atoms with E-state index in [1.54, 1.807) is 30.3 Å². The Morgan fingerprint density at radius 3 is 2.33 bits per heavy atom. The first-order valence-electron chi connectivity index (χ1n) is 8.47. The van der Waals surface area contributed by atoms with Gasteiger partial charge in [-0.2, -0.15) is 0 Å². The fourth-order valence-electron chi connectivity index (χ4n) is 2.51. The second-order valence-electron chi connectivity index (χ2n) is 6.20. The summed E-state index contributed by atoms with van der Waals surface area (Å²) < 4.78 is 7.98. The molecule has 0 N–H and O–H groups in total. The van der Waals surface area contributed by atoms with Crippen LogP contribution < -0.4 is 4.74 Å². The van der Waals surface area contributed by atoms with Crippen molar-refractivity contribution in [2.24, 2.45) is 5.92 Å². The molecule has 162 valence electrons. The summed E-state index contributed by atoms with van der Waals surface area (Å²) in [6, 6.07) is 8.54. The summed E-state index contributed by atoms with van der Waals surface area (Å²) in [7, 11) is 0. The van der Waals surface area contributed by atoms with Crippen LogP contribution in [0.1, 0.15) is 13.3 Å². The molecule has 1 fully saturated rings. The topological polar surface area (TPSA) is 107 Å². The second kappa shape index (κ2) is 10.5. The molecule has 2 atom stereocenters. The van der Waals surface area contributed by atoms with Crippen molar-refractivity contribution in [3.63, 3.8) is 0 Å². The molecular weight excluding hydrogens is 481 g/mol. The normalized spacial score (nSPS) is 18.4. The highest BCUT2D eigenvalue weighted by Crippen LogP contribution is 2.38. The van der Waals surface area contributed by atoms with E-state index in [1.165, 1.54) is 6.92 Å². The molecular formula is C18H16Cl3NO7S. The number of halogens is 3. The molecule has 2 amide bonds. The lowest BCUT2D eigenvalue weighted by Crippen LogP contribution is -2.64. The lowest BCUT2D eigenvalue weighted by molar-refractivity contribution is -0.172. The SMILES string of the molecule is CC(=O)C[C@@H]1C(=O)N(C(=O)C(=O)OCC(Cl)(Cl)Cl)[C@@H]1SC(=O)COc1ccccc1. The molecule has 0 radical (unpaired) electrons. The van der Waals surface area contributed by atoms with Crippen LogP contribution in [-0.4, -0.2) is 56.0 Å². The first kappa shape index (κ1) is 24.5. The molecule has 0 spiro atoms. The fourth-order valence-corrected chi connectivity index (χ4v) is 3.75. The van der Waals surface area contributed by atoms with E-state index >= 15 is 0 Å². The van der Waals surface area contributed by atoms with Gasteiger partial charge in [-0.25, -0.2) is 4.79 Å². The van der Waals surface area contributed by atoms with Gasteiger partial charge in [-0.05, 0) is 19.1 Å². The number of esters is 1. The molecule has 1 aromatic rings. The number of thioether (sulfide) groups is 1. The van der Waals surface area contributed by atoms with E-state index < -0.39 is 44.6 Å². The van der Waals surface area contributed by atoms with Crippen molar-refractivity contribution in [3.05, 3.63) is 30.3 Å². The minimum Gasteiger partial charge on any atom is -0.485 e. The highest BCUT2D eigenvalue weighted by Gasteiger charge is 2.54. The predicted octanol–water partition coefficient (Wildman–Crippen LogP) is 2.53. The van der Waals surface area contributed by atoms with Crippen LogP contribution in [0, 0.1) is 5.92 Å². The van der Waals surface area contributed by atoms with E-state index in [9.17, 15) is 24.0 Å². The molecule has 1 aliphatic heterocycles. The molecule has 0 aliphatic carbocycles. The molecule has 1 aromatic carbocycles. The van der Waals surface area contributed by atoms with Crippen molar-refractivity contribution >= 4 is 75.2 Å². The maximum atomic E-state index is 12.3. The fraction of sp³-hybridized carbons (Fsp3) is 0.389. The number of ketones is 1. The van der Waals surface area contributed by atoms with Crippen LogP contribution in [0.25, 0.3) is 0 Å². The lowest BCUT2D eigenvalue weighted by Gasteiger charge is -2.43. The van der Waals surface area contributed by atoms with Gasteiger partial charge in [-0.15, -0.1) is 0 Å². The molecule has 30 heavy (non-hydrogen) atoms. The second-order valence-corrected chi connectivity index (χ2v) is 9.89. The van der Waals surface area contributed by atoms with Gasteiger partial charge >= 0.3 is 11.9 Å². The van der Waals surface area contributed by atoms with E-state index in [0.29, 0.717) is 22.4 Å². The van der Waals surface area contributed by atoms with Crippen LogP contribution in [0.3, 0.4) is 0 Å². The number of amides is 2. The molecule has 12 heteroatoms. The van der Waals surface area contributed by atoms with Crippen LogP contribution in [0.5, 0.6) is 5.75 Å². The Morgan fingerprint density at radius 1 is 1.13 bits per heavy atom. The monoisotopic (exact) mass is 495 g/mol. The molecule has 0 aromatic heterocycles. The third-order valence-electron chi connectivity index (χ3n) is 3.77. The van der Waals surface area contributed by atoms with E-state index in [2.05, 4.69) is 4.74 Å². The predicted molar refractivity (Wildman–Crippen MR) is 110 cm³/mol. The van der Waals surface area contributed by atoms with E-state index in [0.717, 1.165) is 0 Å². The Kier molecular flexibility index (Phi) is 8.54. The van der Waals surface area contributed by atoms with E-state index in [-0.39, 0.29) is 18.8 Å². The number of β-lactam (4-membered cyclic amide) rings is 1. The van der Waals surface area contributed by atoms with Crippen LogP contribution in [0.2, 0.25) is 0 Å². The number of Topliss-reactive ketones (excluding diaryl/α,β-unsaturated/α-hetero) is 1. The zero-order chi connectivity index (χ0) is 22.5. The van der Waals surface area contributed by atoms with Gasteiger partial charge in [0.15, 0.2) is 6.61 Å². The van der Waals surface area contributed by atoms with Crippen LogP contribution in [-0.2, 0) is 28.7 Å². The van der Waals surface area contributed by atoms with Crippen molar-refractivity contribution in [1.82, 2.24) is 4.90 Å². The Hall–Kier alpha value is -1.81. The third-order valence-corrected chi connectivity index (χ3v) is 5.26. The van der Waals surface area contributed by atoms with Gasteiger partial charge in [0.25, 0.3) is 0 Å². The zero-order valence-electron chi connectivity index (χ0n) is 15.5. The number of rotatable bonds is 7. The number of nitrogens with zero attached hydrogens (tertiary/aromatic N) is 1. The number of hydrogen-bond acceptors (Lipinski definition) is 8. The van der Waals surface area contributed by atoms with Crippen molar-refractivity contribution in [3.8, 4) is 5.75 Å². The first-order valence-corrected chi connectivity index (χ1v) is 10.5. The van der Waals surface area contributed by atoms with Gasteiger partial charge in [0.2, 0.25) is 14.8 Å². The molecule has 0 unspecified atom stereocenters. The lowest BCUT2D eigenvalue weighted by atomic mass is 9.92. The standard InChI is InChI=1S/C18H16Cl3NO7S/c1-10(23)7-12-14(25)22(15(26)17(27)29-9-18(19,20)21)16(12)30-13(24)8-28-11-5-3-2-4-6-11/h2-6,12,16H,7-9H2,1H3/t12-,16-/m1/s1. The van der Waals surface area contributed by atoms with E-state index in [1.807, 2.05) is 0 Å². The Balaban J connectivity index is 2.03. The summed E-state index contributed by atoms with van der Waals surface area (Å²) in [6.45, 7) is 0.226. The number of ether oxygens (including phenoxy) is 2. The quantitative estimate of drug-likeness (QED) is 0.245. The van der Waals surface area contributed by atoms with E-state index in [4.69, 9.17) is 39.5 Å². The van der Waals surface area contributed by atoms with Crippen molar-refractivity contribution < 1.29 is 33.4 Å². The summed E-state index contributed by atoms with van der Waals surface area (Å²) in [5.74, 6) is -4.29. The first-order chi connectivity index (χ1) is 14.0. The molecule has 1 aliphatic rings. The van der Waals surface area contributed by atoms with Crippen molar-refractivity contribution in [2.75, 3.05) is 13.2 Å². The van der Waals surface area contributed by atoms with Crippen molar-refractivity contribution in [2.45, 2.75) is 22.5 Å². The minimum atomic E-state index is -1.94. The zero-order valence-corrected chi connectivity index (χ0v) is 18.6. The summed E-state index contributed by atoms with van der Waals surface area (Å²) in [5, 5.41) is -1.56. The average Bonchev–Trinajstić information content (AvgIpc) is 2.68. The van der Waals surface area contributed by atoms with Gasteiger partial charge in [-0.3, -0.25) is 19.3 Å². The summed E-state index contributed by atoms with van der Waals surface area (Å²) in [6.07, 6.45) is -0.184. The number of hydrogen-bond donors (Lipinski definition) is 0. The molecule has 1 heterocycles. The highest BCUT2D eigenvalue weighted by atomic mass is 35.6. The molecule has 0 saturated carbocycles. The summed E-state index contributed by atoms with van der Waals surface area (Å²) in [5.41, 5.74) is 0. The number of carbonyl (C=O) groups excluding carboxylic acids is 5. The number of likely N-dealkylation sites (tertiary alicyclic amines) is 1. The average molecular weight is 497 g/mol. The number of benzene rings is 1. The maximum absolute atomic E-state index is 12.3. The van der Waals surface area contributed by atoms with Gasteiger partial charge in [0, 0.05) is 6.42 Å². The third kappa shape index (κ3) is 6.87. The van der Waals surface area contributed by atoms with Crippen LogP contribution in [0.4, 0.5) is 0 Å². The largest absolute Gasteiger partial charge is 0.485 e. The van der Waals surface area contributed by atoms with Gasteiger partial charge in [0.1, 0.15) is 23.5 Å². The number of carbonyl (C=O) groups is 5. The molecule has 1 saturated heterocycles. The smallest absolute Gasteiger partial charge is 0.397 e.